The summed E-state index contributed by atoms with van der Waals surface area (Å²) in [6.07, 6.45) is 0.779. The molecule has 2 N–H and O–H groups in total. The lowest BCUT2D eigenvalue weighted by Gasteiger charge is -2.25. The van der Waals surface area contributed by atoms with Gasteiger partial charge in [-0.15, -0.1) is 0 Å². The fourth-order valence-corrected chi connectivity index (χ4v) is 4.13. The van der Waals surface area contributed by atoms with E-state index in [-0.39, 0.29) is 15.9 Å². The van der Waals surface area contributed by atoms with Gasteiger partial charge < -0.3 is 5.73 Å². The highest BCUT2D eigenvalue weighted by molar-refractivity contribution is 7.89. The fraction of sp³-hybridized carbons (Fsp3) is 0.500. The molecule has 0 fully saturated rings. The van der Waals surface area contributed by atoms with Crippen molar-refractivity contribution in [3.63, 3.8) is 0 Å². The SMILES string of the molecule is CCCN(C(C)C)S(=O)(=O)c1ccc(C(N)=S)c(C)c1. The molecule has 112 valence electrons. The van der Waals surface area contributed by atoms with Crippen LogP contribution in [0.15, 0.2) is 23.1 Å². The smallest absolute Gasteiger partial charge is 0.243 e. The van der Waals surface area contributed by atoms with Gasteiger partial charge in [0.1, 0.15) is 4.99 Å². The molecule has 0 radical (unpaired) electrons. The van der Waals surface area contributed by atoms with Crippen LogP contribution in [0.1, 0.15) is 38.3 Å². The molecule has 0 aliphatic carbocycles. The Balaban J connectivity index is 3.28. The Morgan fingerprint density at radius 2 is 2.00 bits per heavy atom. The van der Waals surface area contributed by atoms with E-state index in [1.807, 2.05) is 27.7 Å². The number of hydrogen-bond acceptors (Lipinski definition) is 3. The van der Waals surface area contributed by atoms with Crippen LogP contribution in [0.4, 0.5) is 0 Å². The van der Waals surface area contributed by atoms with Gasteiger partial charge in [0, 0.05) is 18.2 Å². The van der Waals surface area contributed by atoms with Gasteiger partial charge in [-0.3, -0.25) is 0 Å². The highest BCUT2D eigenvalue weighted by Crippen LogP contribution is 2.21. The Bertz CT molecular complexity index is 595. The van der Waals surface area contributed by atoms with Crippen LogP contribution < -0.4 is 5.73 Å². The summed E-state index contributed by atoms with van der Waals surface area (Å²) in [5.41, 5.74) is 7.09. The van der Waals surface area contributed by atoms with E-state index >= 15 is 0 Å². The summed E-state index contributed by atoms with van der Waals surface area (Å²) < 4.78 is 26.8. The van der Waals surface area contributed by atoms with Crippen molar-refractivity contribution in [2.45, 2.75) is 45.1 Å². The van der Waals surface area contributed by atoms with Crippen molar-refractivity contribution < 1.29 is 8.42 Å². The van der Waals surface area contributed by atoms with Gasteiger partial charge in [0.25, 0.3) is 0 Å². The molecular formula is C14H22N2O2S2. The minimum Gasteiger partial charge on any atom is -0.389 e. The van der Waals surface area contributed by atoms with Gasteiger partial charge in [0.05, 0.1) is 4.90 Å². The fourth-order valence-electron chi connectivity index (χ4n) is 2.08. The van der Waals surface area contributed by atoms with Crippen molar-refractivity contribution in [1.29, 1.82) is 0 Å². The molecule has 20 heavy (non-hydrogen) atoms. The van der Waals surface area contributed by atoms with Gasteiger partial charge in [0.2, 0.25) is 10.0 Å². The maximum atomic E-state index is 12.7. The standard InChI is InChI=1S/C14H22N2O2S2/c1-5-8-16(10(2)3)20(17,18)12-6-7-13(14(15)19)11(4)9-12/h6-7,9-10H,5,8H2,1-4H3,(H2,15,19). The van der Waals surface area contributed by atoms with Crippen LogP contribution in [0, 0.1) is 6.92 Å². The molecule has 6 heteroatoms. The summed E-state index contributed by atoms with van der Waals surface area (Å²) in [7, 11) is -3.48. The van der Waals surface area contributed by atoms with Crippen LogP contribution in [0.5, 0.6) is 0 Å². The maximum absolute atomic E-state index is 12.7. The second-order valence-corrected chi connectivity index (χ2v) is 7.38. The van der Waals surface area contributed by atoms with E-state index in [4.69, 9.17) is 18.0 Å². The molecule has 0 aromatic heterocycles. The Morgan fingerprint density at radius 1 is 1.40 bits per heavy atom. The highest BCUT2D eigenvalue weighted by atomic mass is 32.2. The molecule has 1 rings (SSSR count). The molecule has 0 unspecified atom stereocenters. The van der Waals surface area contributed by atoms with E-state index in [0.29, 0.717) is 12.1 Å². The van der Waals surface area contributed by atoms with Gasteiger partial charge in [0.15, 0.2) is 0 Å². The molecule has 4 nitrogen and oxygen atoms in total. The maximum Gasteiger partial charge on any atom is 0.243 e. The van der Waals surface area contributed by atoms with E-state index < -0.39 is 10.0 Å². The lowest BCUT2D eigenvalue weighted by atomic mass is 10.1. The minimum atomic E-state index is -3.48. The molecule has 1 aromatic carbocycles. The first-order valence-corrected chi connectivity index (χ1v) is 8.49. The zero-order valence-electron chi connectivity index (χ0n) is 12.4. The first kappa shape index (κ1) is 17.1. The Morgan fingerprint density at radius 3 is 2.40 bits per heavy atom. The first-order chi connectivity index (χ1) is 9.21. The van der Waals surface area contributed by atoms with E-state index in [9.17, 15) is 8.42 Å². The van der Waals surface area contributed by atoms with Gasteiger partial charge in [-0.25, -0.2) is 8.42 Å². The van der Waals surface area contributed by atoms with Crippen molar-refractivity contribution in [3.8, 4) is 0 Å². The van der Waals surface area contributed by atoms with Gasteiger partial charge in [-0.05, 0) is 44.9 Å². The van der Waals surface area contributed by atoms with Crippen LogP contribution >= 0.6 is 12.2 Å². The van der Waals surface area contributed by atoms with Crippen molar-refractivity contribution in [2.75, 3.05) is 6.54 Å². The minimum absolute atomic E-state index is 0.0736. The molecule has 0 atom stereocenters. The Kier molecular flexibility index (Phi) is 5.68. The predicted octanol–water partition coefficient (Wildman–Crippen LogP) is 2.44. The number of benzene rings is 1. The molecule has 1 aromatic rings. The number of nitrogens with zero attached hydrogens (tertiary/aromatic N) is 1. The van der Waals surface area contributed by atoms with E-state index in [2.05, 4.69) is 0 Å². The number of thiocarbonyl (C=S) groups is 1. The topological polar surface area (TPSA) is 63.4 Å². The molecule has 0 saturated carbocycles. The molecule has 0 heterocycles. The molecular weight excluding hydrogens is 292 g/mol. The van der Waals surface area contributed by atoms with Crippen LogP contribution in [0.25, 0.3) is 0 Å². The van der Waals surface area contributed by atoms with Crippen molar-refractivity contribution in [2.24, 2.45) is 5.73 Å². The molecule has 0 aliphatic heterocycles. The number of sulfonamides is 1. The summed E-state index contributed by atoms with van der Waals surface area (Å²) in [5.74, 6) is 0. The van der Waals surface area contributed by atoms with Crippen molar-refractivity contribution in [1.82, 2.24) is 4.31 Å². The largest absolute Gasteiger partial charge is 0.389 e. The Labute approximate surface area is 127 Å². The third-order valence-corrected chi connectivity index (χ3v) is 5.38. The summed E-state index contributed by atoms with van der Waals surface area (Å²) in [4.78, 5) is 0.567. The van der Waals surface area contributed by atoms with Crippen molar-refractivity contribution >= 4 is 27.2 Å². The zero-order valence-corrected chi connectivity index (χ0v) is 14.0. The quantitative estimate of drug-likeness (QED) is 0.819. The number of hydrogen-bond donors (Lipinski definition) is 1. The normalized spacial score (nSPS) is 12.1. The number of rotatable bonds is 6. The van der Waals surface area contributed by atoms with E-state index in [0.717, 1.165) is 12.0 Å². The molecule has 0 amide bonds. The molecule has 0 spiro atoms. The van der Waals surface area contributed by atoms with Gasteiger partial charge >= 0.3 is 0 Å². The lowest BCUT2D eigenvalue weighted by Crippen LogP contribution is -2.37. The van der Waals surface area contributed by atoms with E-state index in [1.165, 1.54) is 4.31 Å². The number of nitrogens with two attached hydrogens (primary N) is 1. The summed E-state index contributed by atoms with van der Waals surface area (Å²) in [6.45, 7) is 8.04. The highest BCUT2D eigenvalue weighted by Gasteiger charge is 2.26. The second-order valence-electron chi connectivity index (χ2n) is 5.05. The molecule has 0 bridgehead atoms. The van der Waals surface area contributed by atoms with Crippen LogP contribution in [0.3, 0.4) is 0 Å². The molecule has 0 aliphatic rings. The predicted molar refractivity (Wildman–Crippen MR) is 86.4 cm³/mol. The number of aryl methyl sites for hydroxylation is 1. The average molecular weight is 314 g/mol. The van der Waals surface area contributed by atoms with Crippen LogP contribution in [-0.2, 0) is 10.0 Å². The summed E-state index contributed by atoms with van der Waals surface area (Å²) in [5, 5.41) is 0. The summed E-state index contributed by atoms with van der Waals surface area (Å²) >= 11 is 4.94. The van der Waals surface area contributed by atoms with Crippen LogP contribution in [0.2, 0.25) is 0 Å². The average Bonchev–Trinajstić information content (AvgIpc) is 2.34. The zero-order chi connectivity index (χ0) is 15.5. The lowest BCUT2D eigenvalue weighted by molar-refractivity contribution is 0.354. The third kappa shape index (κ3) is 3.56. The van der Waals surface area contributed by atoms with E-state index in [1.54, 1.807) is 18.2 Å². The second kappa shape index (κ2) is 6.65. The summed E-state index contributed by atoms with van der Waals surface area (Å²) in [6, 6.07) is 4.81. The van der Waals surface area contributed by atoms with Gasteiger partial charge in [-0.1, -0.05) is 25.2 Å². The first-order valence-electron chi connectivity index (χ1n) is 6.64. The van der Waals surface area contributed by atoms with Crippen LogP contribution in [-0.4, -0.2) is 30.3 Å². The Hall–Kier alpha value is -0.980. The van der Waals surface area contributed by atoms with Crippen molar-refractivity contribution in [3.05, 3.63) is 29.3 Å². The third-order valence-electron chi connectivity index (χ3n) is 3.09. The molecule has 0 saturated heterocycles. The van der Waals surface area contributed by atoms with Gasteiger partial charge in [-0.2, -0.15) is 4.31 Å². The monoisotopic (exact) mass is 314 g/mol.